The predicted molar refractivity (Wildman–Crippen MR) is 73.4 cm³/mol. The number of nitro groups is 1. The summed E-state index contributed by atoms with van der Waals surface area (Å²) in [4.78, 5) is 17.0. The largest absolute Gasteiger partial charge is 0.342 e. The van der Waals surface area contributed by atoms with Gasteiger partial charge in [0.2, 0.25) is 5.82 Å². The molecule has 7 nitrogen and oxygen atoms in total. The molecule has 2 aromatic heterocycles. The van der Waals surface area contributed by atoms with Crippen LogP contribution in [-0.4, -0.2) is 26.6 Å². The lowest BCUT2D eigenvalue weighted by Crippen LogP contribution is -2.34. The predicted octanol–water partition coefficient (Wildman–Crippen LogP) is 2.44. The van der Waals surface area contributed by atoms with Gasteiger partial charge in [0.15, 0.2) is 0 Å². The SMILES string of the molecule is O=[N+]([O-])c1cccnc1N1CCCCC1c1ccn[nH]1. The summed E-state index contributed by atoms with van der Waals surface area (Å²) >= 11 is 0. The van der Waals surface area contributed by atoms with Gasteiger partial charge in [-0.15, -0.1) is 0 Å². The monoisotopic (exact) mass is 273 g/mol. The molecule has 1 saturated heterocycles. The molecule has 0 aliphatic carbocycles. The minimum Gasteiger partial charge on any atom is -0.342 e. The van der Waals surface area contributed by atoms with Gasteiger partial charge in [-0.3, -0.25) is 15.2 Å². The normalized spacial score (nSPS) is 19.0. The molecule has 0 spiro atoms. The summed E-state index contributed by atoms with van der Waals surface area (Å²) in [6.07, 6.45) is 6.35. The van der Waals surface area contributed by atoms with Crippen molar-refractivity contribution in [3.63, 3.8) is 0 Å². The number of nitrogens with one attached hydrogen (secondary N) is 1. The van der Waals surface area contributed by atoms with E-state index in [0.29, 0.717) is 5.82 Å². The summed E-state index contributed by atoms with van der Waals surface area (Å²) in [5, 5.41) is 18.1. The molecule has 3 heterocycles. The molecule has 7 heteroatoms. The minimum atomic E-state index is -0.374. The summed E-state index contributed by atoms with van der Waals surface area (Å²) in [5.41, 5.74) is 1.03. The average molecular weight is 273 g/mol. The van der Waals surface area contributed by atoms with Crippen LogP contribution in [-0.2, 0) is 0 Å². The molecule has 0 saturated carbocycles. The highest BCUT2D eigenvalue weighted by molar-refractivity contribution is 5.58. The maximum Gasteiger partial charge on any atom is 0.311 e. The summed E-state index contributed by atoms with van der Waals surface area (Å²) in [6, 6.07) is 5.08. The van der Waals surface area contributed by atoms with Crippen LogP contribution in [0.2, 0.25) is 0 Å². The van der Waals surface area contributed by atoms with Crippen LogP contribution < -0.4 is 4.90 Å². The zero-order chi connectivity index (χ0) is 13.9. The third-order valence-corrected chi connectivity index (χ3v) is 3.62. The number of rotatable bonds is 3. The Hall–Kier alpha value is -2.44. The van der Waals surface area contributed by atoms with Crippen molar-refractivity contribution in [2.75, 3.05) is 11.4 Å². The molecular weight excluding hydrogens is 258 g/mol. The van der Waals surface area contributed by atoms with Crippen molar-refractivity contribution in [1.82, 2.24) is 15.2 Å². The fourth-order valence-corrected chi connectivity index (χ4v) is 2.71. The van der Waals surface area contributed by atoms with E-state index in [1.54, 1.807) is 18.5 Å². The third kappa shape index (κ3) is 2.22. The average Bonchev–Trinajstić information content (AvgIpc) is 3.01. The summed E-state index contributed by atoms with van der Waals surface area (Å²) < 4.78 is 0. The molecule has 104 valence electrons. The Balaban J connectivity index is 2.00. The molecule has 1 unspecified atom stereocenters. The van der Waals surface area contributed by atoms with Gasteiger partial charge in [0.05, 0.1) is 16.7 Å². The van der Waals surface area contributed by atoms with Crippen LogP contribution in [0.3, 0.4) is 0 Å². The Morgan fingerprint density at radius 2 is 2.25 bits per heavy atom. The number of piperidine rings is 1. The Bertz CT molecular complexity index is 599. The number of aromatic nitrogens is 3. The van der Waals surface area contributed by atoms with Crippen molar-refractivity contribution in [3.05, 3.63) is 46.4 Å². The first-order valence-electron chi connectivity index (χ1n) is 6.62. The highest BCUT2D eigenvalue weighted by Crippen LogP contribution is 2.36. The summed E-state index contributed by atoms with van der Waals surface area (Å²) in [7, 11) is 0. The summed E-state index contributed by atoms with van der Waals surface area (Å²) in [6.45, 7) is 0.765. The van der Waals surface area contributed by atoms with Gasteiger partial charge in [-0.1, -0.05) is 0 Å². The smallest absolute Gasteiger partial charge is 0.311 e. The molecule has 2 aromatic rings. The molecule has 1 aliphatic heterocycles. The molecule has 1 aliphatic rings. The second-order valence-electron chi connectivity index (χ2n) is 4.82. The van der Waals surface area contributed by atoms with Gasteiger partial charge in [0.1, 0.15) is 0 Å². The van der Waals surface area contributed by atoms with Crippen LogP contribution in [0.4, 0.5) is 11.5 Å². The van der Waals surface area contributed by atoms with E-state index < -0.39 is 0 Å². The fourth-order valence-electron chi connectivity index (χ4n) is 2.71. The second kappa shape index (κ2) is 5.28. The van der Waals surface area contributed by atoms with Crippen LogP contribution in [0, 0.1) is 10.1 Å². The first-order chi connectivity index (χ1) is 9.77. The van der Waals surface area contributed by atoms with Crippen LogP contribution in [0.25, 0.3) is 0 Å². The molecule has 1 atom stereocenters. The van der Waals surface area contributed by atoms with Crippen LogP contribution in [0.1, 0.15) is 31.0 Å². The van der Waals surface area contributed by atoms with Gasteiger partial charge in [0, 0.05) is 25.0 Å². The lowest BCUT2D eigenvalue weighted by molar-refractivity contribution is -0.384. The molecule has 1 N–H and O–H groups in total. The highest BCUT2D eigenvalue weighted by Gasteiger charge is 2.30. The Labute approximate surface area is 115 Å². The van der Waals surface area contributed by atoms with E-state index in [0.717, 1.165) is 31.5 Å². The fraction of sp³-hybridized carbons (Fsp3) is 0.385. The number of aromatic amines is 1. The molecule has 0 aromatic carbocycles. The van der Waals surface area contributed by atoms with Crippen molar-refractivity contribution in [2.24, 2.45) is 0 Å². The van der Waals surface area contributed by atoms with Gasteiger partial charge in [0.25, 0.3) is 0 Å². The van der Waals surface area contributed by atoms with E-state index in [1.807, 2.05) is 11.0 Å². The van der Waals surface area contributed by atoms with Crippen molar-refractivity contribution in [2.45, 2.75) is 25.3 Å². The van der Waals surface area contributed by atoms with E-state index in [-0.39, 0.29) is 16.7 Å². The van der Waals surface area contributed by atoms with Gasteiger partial charge >= 0.3 is 5.69 Å². The van der Waals surface area contributed by atoms with E-state index in [4.69, 9.17) is 0 Å². The number of hydrogen-bond acceptors (Lipinski definition) is 5. The quantitative estimate of drug-likeness (QED) is 0.685. The van der Waals surface area contributed by atoms with Crippen molar-refractivity contribution in [1.29, 1.82) is 0 Å². The third-order valence-electron chi connectivity index (χ3n) is 3.62. The van der Waals surface area contributed by atoms with E-state index in [9.17, 15) is 10.1 Å². The molecule has 3 rings (SSSR count). The first-order valence-corrected chi connectivity index (χ1v) is 6.62. The first kappa shape index (κ1) is 12.6. The number of anilines is 1. The van der Waals surface area contributed by atoms with Gasteiger partial charge in [-0.2, -0.15) is 5.10 Å². The number of nitrogens with zero attached hydrogens (tertiary/aromatic N) is 4. The zero-order valence-electron chi connectivity index (χ0n) is 10.9. The summed E-state index contributed by atoms with van der Waals surface area (Å²) in [5.74, 6) is 0.441. The van der Waals surface area contributed by atoms with Crippen LogP contribution >= 0.6 is 0 Å². The van der Waals surface area contributed by atoms with Crippen LogP contribution in [0.5, 0.6) is 0 Å². The Kier molecular flexibility index (Phi) is 3.32. The van der Waals surface area contributed by atoms with Crippen LogP contribution in [0.15, 0.2) is 30.6 Å². The molecule has 0 amide bonds. The molecule has 1 fully saturated rings. The van der Waals surface area contributed by atoms with Gasteiger partial charge in [-0.25, -0.2) is 4.98 Å². The molecular formula is C13H15N5O2. The van der Waals surface area contributed by atoms with E-state index in [2.05, 4.69) is 15.2 Å². The molecule has 0 bridgehead atoms. The van der Waals surface area contributed by atoms with Crippen molar-refractivity contribution >= 4 is 11.5 Å². The number of hydrogen-bond donors (Lipinski definition) is 1. The number of pyridine rings is 1. The highest BCUT2D eigenvalue weighted by atomic mass is 16.6. The topological polar surface area (TPSA) is 87.9 Å². The molecule has 20 heavy (non-hydrogen) atoms. The van der Waals surface area contributed by atoms with Gasteiger partial charge < -0.3 is 4.90 Å². The van der Waals surface area contributed by atoms with E-state index >= 15 is 0 Å². The molecule has 0 radical (unpaired) electrons. The van der Waals surface area contributed by atoms with Crippen molar-refractivity contribution in [3.8, 4) is 0 Å². The lowest BCUT2D eigenvalue weighted by Gasteiger charge is -2.35. The van der Waals surface area contributed by atoms with E-state index in [1.165, 1.54) is 6.07 Å². The maximum atomic E-state index is 11.2. The Morgan fingerprint density at radius 1 is 1.35 bits per heavy atom. The maximum absolute atomic E-state index is 11.2. The second-order valence-corrected chi connectivity index (χ2v) is 4.82. The van der Waals surface area contributed by atoms with Gasteiger partial charge in [-0.05, 0) is 31.4 Å². The zero-order valence-corrected chi connectivity index (χ0v) is 10.9. The standard InChI is InChI=1S/C13H15N5O2/c19-18(20)12-5-3-7-14-13(12)17-9-2-1-4-11(17)10-6-8-15-16-10/h3,5-8,11H,1-2,4,9H2,(H,15,16). The Morgan fingerprint density at radius 3 is 3.00 bits per heavy atom. The van der Waals surface area contributed by atoms with Crippen molar-refractivity contribution < 1.29 is 4.92 Å². The number of H-pyrrole nitrogens is 1. The lowest BCUT2D eigenvalue weighted by atomic mass is 9.99. The minimum absolute atomic E-state index is 0.0546.